The Morgan fingerprint density at radius 2 is 1.32 bits per heavy atom. The number of pyridine rings is 1. The largest absolute Gasteiger partial charge is 0.509 e. The van der Waals surface area contributed by atoms with Gasteiger partial charge in [-0.1, -0.05) is 205 Å². The van der Waals surface area contributed by atoms with Gasteiger partial charge in [0.25, 0.3) is 0 Å². The van der Waals surface area contributed by atoms with E-state index in [1.54, 1.807) is 0 Å². The summed E-state index contributed by atoms with van der Waals surface area (Å²) in [5, 5.41) is 2.30. The van der Waals surface area contributed by atoms with Crippen molar-refractivity contribution in [2.45, 2.75) is 151 Å². The molecule has 0 bridgehead atoms. The number of aryl methyl sites for hydroxylation is 1. The molecule has 406 valence electrons. The number of fused-ring (bicyclic) bond motifs is 4. The Labute approximate surface area is 494 Å². The first-order chi connectivity index (χ1) is 40.6. The zero-order valence-electron chi connectivity index (χ0n) is 56.6. The molecular formula is C72H79N4OPt-3. The van der Waals surface area contributed by atoms with Crippen LogP contribution in [0.3, 0.4) is 0 Å². The molecule has 0 fully saturated rings. The zero-order valence-corrected chi connectivity index (χ0v) is 49.8. The SMILES string of the molecule is [2H]c1c([2H])c([2H])c(-c2cc(C(C)(C)C)cc(-c3c([2H])c([2H])c([2H])c(C(C)(C)C)c3[2H])c2N2[CH-]N(c3[c-]c(Oc4[c-]c5c(c(CC(C)C)c4)c4cc(CCCCCCCC)ccc4n5-c4cc(C(C)(C)C)ccn4)ccc3)c3ccccc32)c([2H])c1[2H].[Pt]. The molecule has 1 aliphatic heterocycles. The monoisotopic (exact) mass is 1220 g/mol. The van der Waals surface area contributed by atoms with Gasteiger partial charge < -0.3 is 19.1 Å². The van der Waals surface area contributed by atoms with E-state index >= 15 is 0 Å². The zero-order chi connectivity index (χ0) is 62.1. The molecule has 0 spiro atoms. The van der Waals surface area contributed by atoms with E-state index in [9.17, 15) is 6.85 Å². The Morgan fingerprint density at radius 3 is 2.03 bits per heavy atom. The topological polar surface area (TPSA) is 33.5 Å². The van der Waals surface area contributed by atoms with Gasteiger partial charge in [0.05, 0.1) is 12.3 Å². The third-order valence-corrected chi connectivity index (χ3v) is 14.7. The van der Waals surface area contributed by atoms with Gasteiger partial charge >= 0.3 is 0 Å². The molecule has 0 atom stereocenters. The summed E-state index contributed by atoms with van der Waals surface area (Å²) in [5.41, 5.74) is 7.96. The van der Waals surface area contributed by atoms with Crippen molar-refractivity contribution >= 4 is 44.6 Å². The average molecular weight is 1220 g/mol. The number of benzene rings is 7. The molecule has 0 amide bonds. The number of nitrogens with zero attached hydrogens (tertiary/aromatic N) is 4. The molecule has 9 aromatic rings. The fraction of sp³-hybridized carbons (Fsp3) is 0.333. The molecule has 3 heterocycles. The van der Waals surface area contributed by atoms with Gasteiger partial charge in [-0.25, -0.2) is 4.98 Å². The van der Waals surface area contributed by atoms with Gasteiger partial charge in [0.15, 0.2) is 0 Å². The standard InChI is InChI=1S/C72H79N4O.Pt/c1-13-14-15-16-17-19-26-50-35-36-63-62(40-50)68-53(39-49(2)3)42-59(47-66(68)76(63)67-45-55(37-38-73-67)71(7,8)9)77-58-32-25-31-57(46-58)74-48-75(65-34-23-22-33-64(65)74)69-60(51-27-20-18-21-28-51)43-56(72(10,11)12)44-61(69)52-29-24-30-54(41-52)70(4,5)6;/h18,20-25,27-38,40-45,48-49H,13-17,19,26,39H2,1-12H3;/q-3;/i18D,20D,21D,24D,27D,28D,29D,30D,41D;. The van der Waals surface area contributed by atoms with E-state index in [4.69, 9.17) is 15.2 Å². The first-order valence-electron chi connectivity index (χ1n) is 32.2. The van der Waals surface area contributed by atoms with Gasteiger partial charge in [0, 0.05) is 72.5 Å². The molecule has 0 radical (unpaired) electrons. The summed E-state index contributed by atoms with van der Waals surface area (Å²) in [6.07, 6.45) is 11.1. The van der Waals surface area contributed by atoms with Gasteiger partial charge in [0.1, 0.15) is 5.82 Å². The molecule has 0 aliphatic carbocycles. The van der Waals surface area contributed by atoms with E-state index in [2.05, 4.69) is 94.6 Å². The van der Waals surface area contributed by atoms with E-state index in [-0.39, 0.29) is 72.9 Å². The predicted octanol–water partition coefficient (Wildman–Crippen LogP) is 20.3. The van der Waals surface area contributed by atoms with E-state index < -0.39 is 41.0 Å². The fourth-order valence-electron chi connectivity index (χ4n) is 10.5. The van der Waals surface area contributed by atoms with E-state index in [0.29, 0.717) is 51.3 Å². The Kier molecular flexibility index (Phi) is 13.5. The van der Waals surface area contributed by atoms with Crippen molar-refractivity contribution in [2.24, 2.45) is 5.92 Å². The first kappa shape index (κ1) is 45.4. The summed E-state index contributed by atoms with van der Waals surface area (Å²) >= 11 is 0. The fourth-order valence-corrected chi connectivity index (χ4v) is 10.5. The van der Waals surface area contributed by atoms with Gasteiger partial charge in [-0.15, -0.1) is 48.3 Å². The Balaban J connectivity index is 0.00000902. The van der Waals surface area contributed by atoms with Crippen molar-refractivity contribution in [2.75, 3.05) is 9.80 Å². The van der Waals surface area contributed by atoms with Crippen LogP contribution in [0.4, 0.5) is 22.7 Å². The van der Waals surface area contributed by atoms with Crippen molar-refractivity contribution in [3.8, 4) is 39.6 Å². The maximum absolute atomic E-state index is 9.91. The summed E-state index contributed by atoms with van der Waals surface area (Å²) in [5.74, 6) is 2.07. The van der Waals surface area contributed by atoms with E-state index in [0.717, 1.165) is 47.1 Å². The van der Waals surface area contributed by atoms with Crippen LogP contribution in [0.5, 0.6) is 11.5 Å². The molecule has 0 saturated heterocycles. The van der Waals surface area contributed by atoms with E-state index in [1.807, 2.05) is 119 Å². The summed E-state index contributed by atoms with van der Waals surface area (Å²) in [6, 6.07) is 34.4. The van der Waals surface area contributed by atoms with Crippen molar-refractivity contribution in [1.29, 1.82) is 0 Å². The normalized spacial score (nSPS) is 14.6. The summed E-state index contributed by atoms with van der Waals surface area (Å²) in [4.78, 5) is 8.85. The van der Waals surface area contributed by atoms with Crippen LogP contribution in [0.25, 0.3) is 49.9 Å². The number of unbranched alkanes of at least 4 members (excludes halogenated alkanes) is 5. The third kappa shape index (κ3) is 11.9. The Bertz CT molecular complexity index is 4070. The molecule has 1 aliphatic rings. The van der Waals surface area contributed by atoms with Crippen LogP contribution >= 0.6 is 0 Å². The molecule has 0 unspecified atom stereocenters. The molecule has 5 nitrogen and oxygen atoms in total. The minimum absolute atomic E-state index is 0. The second-order valence-electron chi connectivity index (χ2n) is 24.4. The number of hydrogen-bond acceptors (Lipinski definition) is 4. The summed E-state index contributed by atoms with van der Waals surface area (Å²) in [7, 11) is 0. The van der Waals surface area contributed by atoms with Crippen LogP contribution in [0.1, 0.15) is 162 Å². The number of hydrogen-bond donors (Lipinski definition) is 0. The molecular weight excluding hydrogens is 1130 g/mol. The second kappa shape index (κ2) is 23.1. The first-order valence-corrected chi connectivity index (χ1v) is 27.7. The third-order valence-electron chi connectivity index (χ3n) is 14.7. The number of para-hydroxylation sites is 2. The number of aromatic nitrogens is 2. The molecule has 2 aromatic heterocycles. The minimum atomic E-state index is -0.778. The van der Waals surface area contributed by atoms with Gasteiger partial charge in [0.2, 0.25) is 0 Å². The van der Waals surface area contributed by atoms with Crippen LogP contribution in [-0.4, -0.2) is 9.55 Å². The molecule has 10 rings (SSSR count). The van der Waals surface area contributed by atoms with Crippen molar-refractivity contribution < 1.29 is 38.1 Å². The Morgan fingerprint density at radius 1 is 0.641 bits per heavy atom. The molecule has 7 aromatic carbocycles. The molecule has 78 heavy (non-hydrogen) atoms. The van der Waals surface area contributed by atoms with Crippen LogP contribution in [-0.2, 0) is 50.2 Å². The quantitative estimate of drug-likeness (QED) is 0.0713. The van der Waals surface area contributed by atoms with Gasteiger partial charge in [-0.3, -0.25) is 0 Å². The van der Waals surface area contributed by atoms with Gasteiger partial charge in [-0.05, 0) is 123 Å². The molecule has 6 heteroatoms. The maximum Gasteiger partial charge on any atom is 0.135 e. The van der Waals surface area contributed by atoms with Crippen LogP contribution in [0, 0.1) is 24.7 Å². The van der Waals surface area contributed by atoms with Crippen molar-refractivity contribution in [3.63, 3.8) is 0 Å². The summed E-state index contributed by atoms with van der Waals surface area (Å²) < 4.78 is 92.3. The van der Waals surface area contributed by atoms with Crippen molar-refractivity contribution in [3.05, 3.63) is 198 Å². The molecule has 0 saturated carbocycles. The molecule has 0 N–H and O–H groups in total. The van der Waals surface area contributed by atoms with E-state index in [1.165, 1.54) is 48.6 Å². The maximum atomic E-state index is 9.91. The van der Waals surface area contributed by atoms with Crippen LogP contribution in [0.2, 0.25) is 0 Å². The number of ether oxygens (including phenoxy) is 1. The van der Waals surface area contributed by atoms with Crippen LogP contribution < -0.4 is 14.5 Å². The smallest absolute Gasteiger partial charge is 0.135 e. The average Bonchev–Trinajstić information content (AvgIpc) is 1.75. The number of anilines is 4. The number of rotatable bonds is 16. The second-order valence-corrected chi connectivity index (χ2v) is 24.4. The predicted molar refractivity (Wildman–Crippen MR) is 327 cm³/mol. The minimum Gasteiger partial charge on any atom is -0.509 e. The van der Waals surface area contributed by atoms with Crippen LogP contribution in [0.15, 0.2) is 152 Å². The van der Waals surface area contributed by atoms with Gasteiger partial charge in [-0.2, -0.15) is 6.07 Å². The van der Waals surface area contributed by atoms with Crippen molar-refractivity contribution in [1.82, 2.24) is 9.55 Å². The summed E-state index contributed by atoms with van der Waals surface area (Å²) in [6.45, 7) is 26.9. The Hall–Kier alpha value is -6.42.